The molecule has 3 fully saturated rings. The molecular formula is C62H100N10O13. The Morgan fingerprint density at radius 3 is 1.67 bits per heavy atom. The summed E-state index contributed by atoms with van der Waals surface area (Å²) in [6, 6.07) is -3.25. The summed E-state index contributed by atoms with van der Waals surface area (Å²) in [6.07, 6.45) is 2.55. The third kappa shape index (κ3) is 17.7. The second kappa shape index (κ2) is 32.1. The average molecular weight is 1190 g/mol. The monoisotopic (exact) mass is 1190 g/mol. The first kappa shape index (κ1) is 70.7. The lowest BCUT2D eigenvalue weighted by molar-refractivity contribution is -0.165. The standard InChI is InChI=1S/C62H100N10O13/c1-18-39(9)52-54(75)63-35-48(74)67(13)50(37(5)6)55(76)64-44(33-42-26-28-43(84-17)29-27-42)62(83)85-41(11)57(78)72-32-24-21-25-45(72)58(79)68(14)51(38(7)8)56(77)65-49(36(3)4)60(81)66(12)46(34-47(73)71-30-22-20-23-31-71)59(80)70(16)53(40(10)19-2)61(82)69(52)15/h26-29,36-41,44-46,49-53H,18-25,30-35H2,1-17H3,(H,63,75)(H,64,76)(H,65,77)/t39-,40-,41+,44-,45-,46-,49-,50-,51-,52-,53-/m0/s1. The first-order valence-electron chi connectivity index (χ1n) is 30.6. The van der Waals surface area contributed by atoms with Crippen LogP contribution in [-0.4, -0.2) is 222 Å². The van der Waals surface area contributed by atoms with Gasteiger partial charge in [-0.15, -0.1) is 0 Å². The van der Waals surface area contributed by atoms with E-state index in [0.29, 0.717) is 50.1 Å². The molecule has 0 aliphatic carbocycles. The summed E-state index contributed by atoms with van der Waals surface area (Å²) in [4.78, 5) is 171. The van der Waals surface area contributed by atoms with Crippen molar-refractivity contribution in [2.75, 3.05) is 68.5 Å². The Morgan fingerprint density at radius 2 is 1.12 bits per heavy atom. The number of ether oxygens (including phenoxy) is 2. The molecule has 3 heterocycles. The van der Waals surface area contributed by atoms with Crippen LogP contribution in [0.4, 0.5) is 0 Å². The van der Waals surface area contributed by atoms with Gasteiger partial charge in [-0.05, 0) is 92.7 Å². The summed E-state index contributed by atoms with van der Waals surface area (Å²) in [5, 5.41) is 8.37. The Balaban J connectivity index is 1.90. The molecule has 0 aromatic heterocycles. The average Bonchev–Trinajstić information content (AvgIpc) is 3.44. The number of hydrogen-bond acceptors (Lipinski definition) is 13. The fraction of sp³-hybridized carbons (Fsp3) is 0.726. The molecule has 85 heavy (non-hydrogen) atoms. The highest BCUT2D eigenvalue weighted by molar-refractivity contribution is 6.00. The fourth-order valence-electron chi connectivity index (χ4n) is 11.9. The van der Waals surface area contributed by atoms with Gasteiger partial charge in [0.25, 0.3) is 5.91 Å². The molecule has 0 spiro atoms. The van der Waals surface area contributed by atoms with Crippen LogP contribution in [0.1, 0.15) is 140 Å². The van der Waals surface area contributed by atoms with E-state index in [9.17, 15) is 38.4 Å². The molecule has 0 unspecified atom stereocenters. The summed E-state index contributed by atoms with van der Waals surface area (Å²) in [5.74, 6) is -9.53. The van der Waals surface area contributed by atoms with E-state index in [1.807, 2.05) is 13.8 Å². The number of rotatable bonds is 12. The Bertz CT molecular complexity index is 2520. The summed E-state index contributed by atoms with van der Waals surface area (Å²) in [5.41, 5.74) is 0.592. The van der Waals surface area contributed by atoms with Gasteiger partial charge in [0.15, 0.2) is 6.10 Å². The highest BCUT2D eigenvalue weighted by atomic mass is 16.5. The predicted molar refractivity (Wildman–Crippen MR) is 320 cm³/mol. The van der Waals surface area contributed by atoms with Crippen LogP contribution >= 0.6 is 0 Å². The van der Waals surface area contributed by atoms with Crippen molar-refractivity contribution >= 4 is 65.0 Å². The molecule has 10 amide bonds. The van der Waals surface area contributed by atoms with E-state index >= 15 is 14.4 Å². The minimum absolute atomic E-state index is 0.105. The molecular weight excluding hydrogens is 1090 g/mol. The first-order chi connectivity index (χ1) is 39.9. The molecule has 0 saturated carbocycles. The maximum atomic E-state index is 15.4. The smallest absolute Gasteiger partial charge is 0.329 e. The van der Waals surface area contributed by atoms with Gasteiger partial charge >= 0.3 is 5.97 Å². The van der Waals surface area contributed by atoms with Crippen LogP contribution in [0.5, 0.6) is 5.75 Å². The second-order valence-electron chi connectivity index (χ2n) is 24.7. The Labute approximate surface area is 504 Å². The van der Waals surface area contributed by atoms with Gasteiger partial charge in [-0.3, -0.25) is 47.9 Å². The number of nitrogens with one attached hydrogen (secondary N) is 3. The third-order valence-electron chi connectivity index (χ3n) is 17.5. The second-order valence-corrected chi connectivity index (χ2v) is 24.7. The van der Waals surface area contributed by atoms with Crippen molar-refractivity contribution in [2.24, 2.45) is 29.6 Å². The number of amides is 10. The van der Waals surface area contributed by atoms with E-state index in [0.717, 1.165) is 24.2 Å². The quantitative estimate of drug-likeness (QED) is 0.254. The normalized spacial score (nSPS) is 27.0. The molecule has 23 heteroatoms. The minimum atomic E-state index is -1.47. The number of likely N-dealkylation sites (N-methyl/N-ethyl adjacent to an activating group) is 5. The van der Waals surface area contributed by atoms with E-state index in [-0.39, 0.29) is 25.3 Å². The van der Waals surface area contributed by atoms with Gasteiger partial charge in [0, 0.05) is 61.3 Å². The van der Waals surface area contributed by atoms with Crippen LogP contribution in [0, 0.1) is 29.6 Å². The van der Waals surface area contributed by atoms with Crippen LogP contribution in [0.15, 0.2) is 24.3 Å². The van der Waals surface area contributed by atoms with Crippen LogP contribution in [0.25, 0.3) is 0 Å². The van der Waals surface area contributed by atoms with Crippen molar-refractivity contribution in [2.45, 2.75) is 195 Å². The number of cyclic esters (lactones) is 1. The van der Waals surface area contributed by atoms with Crippen LogP contribution < -0.4 is 20.7 Å². The molecule has 1 aromatic carbocycles. The van der Waals surface area contributed by atoms with E-state index in [4.69, 9.17) is 9.47 Å². The van der Waals surface area contributed by atoms with Crippen molar-refractivity contribution < 1.29 is 62.2 Å². The number of fused-ring (bicyclic) bond motifs is 1. The number of carbonyl (C=O) groups excluding carboxylic acids is 11. The number of hydrogen-bond donors (Lipinski definition) is 3. The molecule has 23 nitrogen and oxygen atoms in total. The third-order valence-corrected chi connectivity index (χ3v) is 17.5. The molecule has 1 aromatic rings. The van der Waals surface area contributed by atoms with Gasteiger partial charge in [0.05, 0.1) is 20.1 Å². The first-order valence-corrected chi connectivity index (χ1v) is 30.6. The summed E-state index contributed by atoms with van der Waals surface area (Å²) >= 11 is 0. The molecule has 4 rings (SSSR count). The molecule has 11 atom stereocenters. The number of methoxy groups -OCH3 is 1. The lowest BCUT2D eigenvalue weighted by atomic mass is 9.92. The van der Waals surface area contributed by atoms with E-state index in [1.165, 1.54) is 73.8 Å². The highest BCUT2D eigenvalue weighted by Crippen LogP contribution is 2.27. The zero-order chi connectivity index (χ0) is 63.9. The number of piperidine rings is 2. The minimum Gasteiger partial charge on any atom is -0.497 e. The highest BCUT2D eigenvalue weighted by Gasteiger charge is 2.46. The number of carbonyl (C=O) groups is 11. The molecule has 3 saturated heterocycles. The SMILES string of the molecule is CC[C@H](C)[C@H]1C(=O)NCC(=O)N(C)[C@@H](C(C)C)C(=O)N[C@@H](Cc2ccc(OC)cc2)C(=O)O[C@H](C)C(=O)N2CCCC[C@H]2C(=O)N(C)[C@@H](C(C)C)C(=O)N[C@@H](C(C)C)C(=O)N(C)[C@@H](CC(=O)N2CCCCC2)C(=O)N(C)[C@@H]([C@@H](C)CC)C(=O)N1C. The largest absolute Gasteiger partial charge is 0.497 e. The predicted octanol–water partition coefficient (Wildman–Crippen LogP) is 3.25. The van der Waals surface area contributed by atoms with E-state index < -0.39 is 156 Å². The lowest BCUT2D eigenvalue weighted by Crippen LogP contribution is -2.63. The summed E-state index contributed by atoms with van der Waals surface area (Å²) in [7, 11) is 8.64. The fourth-order valence-corrected chi connectivity index (χ4v) is 11.9. The van der Waals surface area contributed by atoms with Crippen molar-refractivity contribution in [3.05, 3.63) is 29.8 Å². The van der Waals surface area contributed by atoms with Gasteiger partial charge in [0.2, 0.25) is 53.2 Å². The molecule has 0 bridgehead atoms. The molecule has 3 N–H and O–H groups in total. The Morgan fingerprint density at radius 1 is 0.588 bits per heavy atom. The topological polar surface area (TPSA) is 265 Å². The summed E-state index contributed by atoms with van der Waals surface area (Å²) in [6.45, 7) is 19.4. The van der Waals surface area contributed by atoms with Crippen molar-refractivity contribution in [3.8, 4) is 5.75 Å². The zero-order valence-corrected chi connectivity index (χ0v) is 53.7. The maximum Gasteiger partial charge on any atom is 0.329 e. The number of likely N-dealkylation sites (tertiary alicyclic amines) is 1. The zero-order valence-electron chi connectivity index (χ0n) is 53.7. The Kier molecular flexibility index (Phi) is 26.7. The molecule has 0 radical (unpaired) electrons. The number of esters is 1. The molecule has 476 valence electrons. The molecule has 3 aliphatic heterocycles. The van der Waals surface area contributed by atoms with Crippen molar-refractivity contribution in [1.29, 1.82) is 0 Å². The summed E-state index contributed by atoms with van der Waals surface area (Å²) < 4.78 is 11.2. The van der Waals surface area contributed by atoms with Gasteiger partial charge in [-0.1, -0.05) is 94.2 Å². The van der Waals surface area contributed by atoms with Crippen LogP contribution in [0.2, 0.25) is 0 Å². The maximum absolute atomic E-state index is 15.4. The molecule has 3 aliphatic rings. The van der Waals surface area contributed by atoms with Gasteiger partial charge < -0.3 is 59.7 Å². The van der Waals surface area contributed by atoms with Crippen molar-refractivity contribution in [1.82, 2.24) is 50.2 Å². The van der Waals surface area contributed by atoms with Crippen LogP contribution in [0.3, 0.4) is 0 Å². The van der Waals surface area contributed by atoms with E-state index in [2.05, 4.69) is 16.0 Å². The number of benzene rings is 1. The van der Waals surface area contributed by atoms with Gasteiger partial charge in [0.1, 0.15) is 54.1 Å². The lowest BCUT2D eigenvalue weighted by Gasteiger charge is -2.41. The van der Waals surface area contributed by atoms with Gasteiger partial charge in [-0.25, -0.2) is 4.79 Å². The van der Waals surface area contributed by atoms with Crippen LogP contribution in [-0.2, 0) is 63.9 Å². The van der Waals surface area contributed by atoms with Crippen molar-refractivity contribution in [3.63, 3.8) is 0 Å². The van der Waals surface area contributed by atoms with E-state index in [1.54, 1.807) is 84.6 Å². The van der Waals surface area contributed by atoms with Gasteiger partial charge in [-0.2, -0.15) is 0 Å². The number of nitrogens with zero attached hydrogens (tertiary/aromatic N) is 7. The Hall–Kier alpha value is -6.81.